The summed E-state index contributed by atoms with van der Waals surface area (Å²) in [6.07, 6.45) is 3.09. The van der Waals surface area contributed by atoms with Crippen molar-refractivity contribution >= 4 is 29.1 Å². The lowest BCUT2D eigenvalue weighted by atomic mass is 9.88. The number of hydrogen-bond donors (Lipinski definition) is 3. The van der Waals surface area contributed by atoms with Crippen LogP contribution in [0, 0.1) is 12.8 Å². The van der Waals surface area contributed by atoms with Crippen molar-refractivity contribution in [1.82, 2.24) is 5.32 Å². The van der Waals surface area contributed by atoms with Gasteiger partial charge in [0.1, 0.15) is 5.60 Å². The van der Waals surface area contributed by atoms with E-state index in [-0.39, 0.29) is 18.4 Å². The largest absolute Gasteiger partial charge is 0.383 e. The highest BCUT2D eigenvalue weighted by atomic mass is 16.3. The van der Waals surface area contributed by atoms with Gasteiger partial charge in [-0.3, -0.25) is 14.4 Å². The molecule has 0 aromatic heterocycles. The molecule has 1 atom stereocenters. The minimum Gasteiger partial charge on any atom is -0.383 e. The molecule has 0 radical (unpaired) electrons. The Morgan fingerprint density at radius 3 is 2.52 bits per heavy atom. The molecule has 2 aliphatic rings. The maximum absolute atomic E-state index is 12.4. The third kappa shape index (κ3) is 4.46. The number of nitrogens with zero attached hydrogens (tertiary/aromatic N) is 1. The van der Waals surface area contributed by atoms with Crippen LogP contribution in [0.4, 0.5) is 11.4 Å². The molecular weight excluding hydrogens is 394 g/mol. The molecule has 1 aliphatic carbocycles. The van der Waals surface area contributed by atoms with E-state index in [4.69, 9.17) is 0 Å². The van der Waals surface area contributed by atoms with Crippen LogP contribution < -0.4 is 15.5 Å². The van der Waals surface area contributed by atoms with Gasteiger partial charge in [0.05, 0.1) is 6.54 Å². The van der Waals surface area contributed by atoms with Crippen molar-refractivity contribution in [2.75, 3.05) is 23.3 Å². The first-order valence-electron chi connectivity index (χ1n) is 10.7. The Kier molecular flexibility index (Phi) is 5.78. The molecule has 0 unspecified atom stereocenters. The number of aliphatic hydroxyl groups is 1. The van der Waals surface area contributed by atoms with Gasteiger partial charge in [0, 0.05) is 24.3 Å². The van der Waals surface area contributed by atoms with Crippen LogP contribution in [0.1, 0.15) is 36.8 Å². The molecule has 162 valence electrons. The zero-order chi connectivity index (χ0) is 22.0. The van der Waals surface area contributed by atoms with Gasteiger partial charge >= 0.3 is 11.8 Å². The fraction of sp³-hybridized carbons (Fsp3) is 0.375. The van der Waals surface area contributed by atoms with Gasteiger partial charge in [0.2, 0.25) is 5.91 Å². The van der Waals surface area contributed by atoms with E-state index in [0.29, 0.717) is 18.7 Å². The molecular formula is C24H27N3O4. The van der Waals surface area contributed by atoms with Gasteiger partial charge in [-0.05, 0) is 55.4 Å². The Morgan fingerprint density at radius 1 is 1.13 bits per heavy atom. The van der Waals surface area contributed by atoms with E-state index in [2.05, 4.69) is 10.6 Å². The number of carbonyl (C=O) groups excluding carboxylic acids is 3. The van der Waals surface area contributed by atoms with Crippen LogP contribution >= 0.6 is 0 Å². The SMILES string of the molecule is Cc1ccc(NC(=O)C(=O)NC[C@@](O)(c2ccccc2)C2CC2)cc1N1CCCC1=O. The fourth-order valence-corrected chi connectivity index (χ4v) is 4.13. The molecule has 2 aromatic carbocycles. The normalized spacial score (nSPS) is 17.9. The van der Waals surface area contributed by atoms with Gasteiger partial charge in [-0.25, -0.2) is 0 Å². The maximum atomic E-state index is 12.4. The van der Waals surface area contributed by atoms with Crippen molar-refractivity contribution in [2.24, 2.45) is 5.92 Å². The van der Waals surface area contributed by atoms with E-state index < -0.39 is 17.4 Å². The van der Waals surface area contributed by atoms with E-state index in [1.54, 1.807) is 17.0 Å². The number of amides is 3. The highest BCUT2D eigenvalue weighted by Gasteiger charge is 2.45. The van der Waals surface area contributed by atoms with Crippen molar-refractivity contribution in [2.45, 2.75) is 38.2 Å². The average Bonchev–Trinajstić information content (AvgIpc) is 3.55. The summed E-state index contributed by atoms with van der Waals surface area (Å²) in [4.78, 5) is 38.7. The summed E-state index contributed by atoms with van der Waals surface area (Å²) in [5.74, 6) is -1.50. The summed E-state index contributed by atoms with van der Waals surface area (Å²) >= 11 is 0. The zero-order valence-corrected chi connectivity index (χ0v) is 17.6. The Labute approximate surface area is 181 Å². The Balaban J connectivity index is 1.41. The molecule has 1 heterocycles. The minimum atomic E-state index is -1.19. The highest BCUT2D eigenvalue weighted by Crippen LogP contribution is 2.45. The highest BCUT2D eigenvalue weighted by molar-refractivity contribution is 6.39. The van der Waals surface area contributed by atoms with Gasteiger partial charge in [0.15, 0.2) is 0 Å². The van der Waals surface area contributed by atoms with E-state index in [1.165, 1.54) is 0 Å². The van der Waals surface area contributed by atoms with Crippen LogP contribution in [0.15, 0.2) is 48.5 Å². The molecule has 0 bridgehead atoms. The molecule has 1 saturated carbocycles. The topological polar surface area (TPSA) is 98.7 Å². The first-order valence-corrected chi connectivity index (χ1v) is 10.7. The fourth-order valence-electron chi connectivity index (χ4n) is 4.13. The first kappa shape index (κ1) is 21.1. The molecule has 31 heavy (non-hydrogen) atoms. The standard InChI is InChI=1S/C24H27N3O4/c1-16-9-12-19(14-20(16)27-13-5-8-21(27)28)26-23(30)22(29)25-15-24(31,18-10-11-18)17-6-3-2-4-7-17/h2-4,6-7,9,12,14,18,31H,5,8,10-11,13,15H2,1H3,(H,25,29)(H,26,30)/t24-/m1/s1. The van der Waals surface area contributed by atoms with Crippen molar-refractivity contribution in [3.05, 3.63) is 59.7 Å². The average molecular weight is 421 g/mol. The molecule has 3 amide bonds. The molecule has 3 N–H and O–H groups in total. The van der Waals surface area contributed by atoms with Crippen LogP contribution in [0.3, 0.4) is 0 Å². The molecule has 4 rings (SSSR count). The molecule has 2 aromatic rings. The zero-order valence-electron chi connectivity index (χ0n) is 17.6. The second-order valence-electron chi connectivity index (χ2n) is 8.35. The van der Waals surface area contributed by atoms with Crippen LogP contribution in [0.5, 0.6) is 0 Å². The number of carbonyl (C=O) groups is 3. The molecule has 1 aliphatic heterocycles. The summed E-state index contributed by atoms with van der Waals surface area (Å²) in [5, 5.41) is 16.4. The van der Waals surface area contributed by atoms with Crippen LogP contribution in [-0.2, 0) is 20.0 Å². The number of hydrogen-bond acceptors (Lipinski definition) is 4. The second-order valence-corrected chi connectivity index (χ2v) is 8.35. The van der Waals surface area contributed by atoms with E-state index in [9.17, 15) is 19.5 Å². The predicted molar refractivity (Wildman–Crippen MR) is 117 cm³/mol. The van der Waals surface area contributed by atoms with Gasteiger partial charge in [-0.2, -0.15) is 0 Å². The van der Waals surface area contributed by atoms with Crippen molar-refractivity contribution in [3.63, 3.8) is 0 Å². The number of anilines is 2. The van der Waals surface area contributed by atoms with Crippen LogP contribution in [0.25, 0.3) is 0 Å². The second kappa shape index (κ2) is 8.51. The third-order valence-corrected chi connectivity index (χ3v) is 6.08. The molecule has 7 nitrogen and oxygen atoms in total. The molecule has 1 saturated heterocycles. The van der Waals surface area contributed by atoms with Crippen LogP contribution in [-0.4, -0.2) is 35.9 Å². The van der Waals surface area contributed by atoms with Gasteiger partial charge in [-0.1, -0.05) is 36.4 Å². The van der Waals surface area contributed by atoms with Gasteiger partial charge < -0.3 is 20.6 Å². The summed E-state index contributed by atoms with van der Waals surface area (Å²) in [7, 11) is 0. The molecule has 0 spiro atoms. The monoisotopic (exact) mass is 421 g/mol. The lowest BCUT2D eigenvalue weighted by Gasteiger charge is -2.29. The van der Waals surface area contributed by atoms with Crippen molar-refractivity contribution in [3.8, 4) is 0 Å². The van der Waals surface area contributed by atoms with Gasteiger partial charge in [-0.15, -0.1) is 0 Å². The van der Waals surface area contributed by atoms with E-state index >= 15 is 0 Å². The summed E-state index contributed by atoms with van der Waals surface area (Å²) in [5.41, 5.74) is 1.66. The van der Waals surface area contributed by atoms with Gasteiger partial charge in [0.25, 0.3) is 0 Å². The molecule has 7 heteroatoms. The summed E-state index contributed by atoms with van der Waals surface area (Å²) in [6.45, 7) is 2.52. The summed E-state index contributed by atoms with van der Waals surface area (Å²) < 4.78 is 0. The maximum Gasteiger partial charge on any atom is 0.313 e. The minimum absolute atomic E-state index is 0.0324. The number of nitrogens with one attached hydrogen (secondary N) is 2. The predicted octanol–water partition coefficient (Wildman–Crippen LogP) is 2.47. The summed E-state index contributed by atoms with van der Waals surface area (Å²) in [6, 6.07) is 14.5. The third-order valence-electron chi connectivity index (χ3n) is 6.08. The lowest BCUT2D eigenvalue weighted by Crippen LogP contribution is -2.45. The lowest BCUT2D eigenvalue weighted by molar-refractivity contribution is -0.137. The molecule has 2 fully saturated rings. The quantitative estimate of drug-likeness (QED) is 0.624. The Hall–Kier alpha value is -3.19. The van der Waals surface area contributed by atoms with Crippen molar-refractivity contribution in [1.29, 1.82) is 0 Å². The van der Waals surface area contributed by atoms with Crippen LogP contribution in [0.2, 0.25) is 0 Å². The van der Waals surface area contributed by atoms with E-state index in [1.807, 2.05) is 43.3 Å². The number of rotatable bonds is 6. The number of benzene rings is 2. The first-order chi connectivity index (χ1) is 14.9. The Bertz CT molecular complexity index is 1000. The number of aryl methyl sites for hydroxylation is 1. The van der Waals surface area contributed by atoms with Crippen molar-refractivity contribution < 1.29 is 19.5 Å². The smallest absolute Gasteiger partial charge is 0.313 e. The van der Waals surface area contributed by atoms with E-state index in [0.717, 1.165) is 36.1 Å². The Morgan fingerprint density at radius 2 is 1.87 bits per heavy atom.